The third-order valence-corrected chi connectivity index (χ3v) is 2.23. The highest BCUT2D eigenvalue weighted by atomic mass is 16.7. The van der Waals surface area contributed by atoms with Crippen molar-refractivity contribution in [2.45, 2.75) is 13.0 Å². The van der Waals surface area contributed by atoms with Crippen LogP contribution in [-0.2, 0) is 14.4 Å². The zero-order valence-corrected chi connectivity index (χ0v) is 10.9. The number of hydrogen-bond acceptors (Lipinski definition) is 5. The summed E-state index contributed by atoms with van der Waals surface area (Å²) >= 11 is 0. The summed E-state index contributed by atoms with van der Waals surface area (Å²) in [6.45, 7) is 2.27. The highest BCUT2D eigenvalue weighted by Crippen LogP contribution is 2.13. The number of rotatable bonds is 7. The molecule has 0 saturated carbocycles. The van der Waals surface area contributed by atoms with Crippen molar-refractivity contribution in [3.05, 3.63) is 29.8 Å². The van der Waals surface area contributed by atoms with Crippen LogP contribution in [0.1, 0.15) is 12.5 Å². The van der Waals surface area contributed by atoms with E-state index in [9.17, 15) is 4.79 Å². The van der Waals surface area contributed by atoms with E-state index < -0.39 is 6.10 Å². The van der Waals surface area contributed by atoms with Gasteiger partial charge in [0.05, 0.1) is 24.8 Å². The van der Waals surface area contributed by atoms with Crippen molar-refractivity contribution in [1.82, 2.24) is 5.48 Å². The van der Waals surface area contributed by atoms with Gasteiger partial charge in [-0.25, -0.2) is 5.48 Å². The third-order valence-electron chi connectivity index (χ3n) is 2.23. The maximum absolute atomic E-state index is 11.6. The van der Waals surface area contributed by atoms with E-state index >= 15 is 0 Å². The minimum Gasteiger partial charge on any atom is -0.481 e. The Morgan fingerprint density at radius 2 is 2.05 bits per heavy atom. The molecule has 0 aromatic heterocycles. The number of methoxy groups -OCH3 is 1. The third kappa shape index (κ3) is 5.38. The fraction of sp³-hybridized carbons (Fsp3) is 0.385. The molecule has 19 heavy (non-hydrogen) atoms. The molecule has 6 heteroatoms. The summed E-state index contributed by atoms with van der Waals surface area (Å²) in [6, 6.07) is 8.51. The standard InChI is InChI=1S/C13H16N2O4/c1-10(13(16)15-18-8-7-17-2)19-12-5-3-11(9-14)4-6-12/h3-6,10H,7-8H2,1-2H3,(H,15,16). The first-order chi connectivity index (χ1) is 9.17. The normalized spacial score (nSPS) is 11.4. The summed E-state index contributed by atoms with van der Waals surface area (Å²) in [6.07, 6.45) is -0.699. The van der Waals surface area contributed by atoms with E-state index in [-0.39, 0.29) is 12.5 Å². The fourth-order valence-electron chi connectivity index (χ4n) is 1.20. The van der Waals surface area contributed by atoms with Gasteiger partial charge in [0, 0.05) is 7.11 Å². The lowest BCUT2D eigenvalue weighted by atomic mass is 10.2. The molecule has 0 saturated heterocycles. The SMILES string of the molecule is COCCONC(=O)C(C)Oc1ccc(C#N)cc1. The van der Waals surface area contributed by atoms with Crippen molar-refractivity contribution >= 4 is 5.91 Å². The van der Waals surface area contributed by atoms with Crippen molar-refractivity contribution in [3.63, 3.8) is 0 Å². The van der Waals surface area contributed by atoms with Gasteiger partial charge in [0.15, 0.2) is 6.10 Å². The van der Waals surface area contributed by atoms with Gasteiger partial charge in [0.25, 0.3) is 5.91 Å². The summed E-state index contributed by atoms with van der Waals surface area (Å²) in [7, 11) is 1.54. The number of ether oxygens (including phenoxy) is 2. The van der Waals surface area contributed by atoms with Gasteiger partial charge >= 0.3 is 0 Å². The lowest BCUT2D eigenvalue weighted by molar-refractivity contribution is -0.141. The first-order valence-corrected chi connectivity index (χ1v) is 5.74. The van der Waals surface area contributed by atoms with Crippen LogP contribution in [0.2, 0.25) is 0 Å². The quantitative estimate of drug-likeness (QED) is 0.587. The molecule has 1 aromatic rings. The molecule has 1 aromatic carbocycles. The number of nitrogens with one attached hydrogen (secondary N) is 1. The Bertz CT molecular complexity index is 439. The van der Waals surface area contributed by atoms with E-state index in [1.165, 1.54) is 0 Å². The second-order valence-electron chi connectivity index (χ2n) is 3.70. The second kappa shape index (κ2) is 8.08. The van der Waals surface area contributed by atoms with Gasteiger partial charge in [-0.3, -0.25) is 9.63 Å². The highest BCUT2D eigenvalue weighted by molar-refractivity contribution is 5.79. The Hall–Kier alpha value is -2.10. The second-order valence-corrected chi connectivity index (χ2v) is 3.70. The average Bonchev–Trinajstić information content (AvgIpc) is 2.44. The minimum absolute atomic E-state index is 0.270. The predicted octanol–water partition coefficient (Wildman–Crippen LogP) is 1.02. The molecular weight excluding hydrogens is 248 g/mol. The van der Waals surface area contributed by atoms with Gasteiger partial charge in [-0.1, -0.05) is 0 Å². The zero-order valence-electron chi connectivity index (χ0n) is 10.9. The lowest BCUT2D eigenvalue weighted by Crippen LogP contribution is -2.36. The van der Waals surface area contributed by atoms with Crippen LogP contribution < -0.4 is 10.2 Å². The van der Waals surface area contributed by atoms with E-state index in [4.69, 9.17) is 19.6 Å². The molecule has 0 aliphatic heterocycles. The molecule has 1 atom stereocenters. The van der Waals surface area contributed by atoms with Crippen LogP contribution in [0.15, 0.2) is 24.3 Å². The molecule has 1 unspecified atom stereocenters. The fourth-order valence-corrected chi connectivity index (χ4v) is 1.20. The zero-order chi connectivity index (χ0) is 14.1. The highest BCUT2D eigenvalue weighted by Gasteiger charge is 2.14. The van der Waals surface area contributed by atoms with Crippen LogP contribution in [0.5, 0.6) is 5.75 Å². The Kier molecular flexibility index (Phi) is 6.36. The minimum atomic E-state index is -0.699. The van der Waals surface area contributed by atoms with E-state index in [1.54, 1.807) is 38.3 Å². The summed E-state index contributed by atoms with van der Waals surface area (Å²) in [5.41, 5.74) is 2.80. The molecule has 1 rings (SSSR count). The maximum atomic E-state index is 11.6. The number of amides is 1. The van der Waals surface area contributed by atoms with Crippen LogP contribution in [0.4, 0.5) is 0 Å². The Labute approximate surface area is 111 Å². The van der Waals surface area contributed by atoms with Crippen LogP contribution in [-0.4, -0.2) is 32.3 Å². The number of nitriles is 1. The maximum Gasteiger partial charge on any atom is 0.284 e. The molecule has 0 fully saturated rings. The molecule has 0 spiro atoms. The Balaban J connectivity index is 2.38. The molecule has 1 amide bonds. The predicted molar refractivity (Wildman–Crippen MR) is 67.2 cm³/mol. The van der Waals surface area contributed by atoms with E-state index in [0.717, 1.165) is 0 Å². The first kappa shape index (κ1) is 15.0. The lowest BCUT2D eigenvalue weighted by Gasteiger charge is -2.14. The van der Waals surface area contributed by atoms with Gasteiger partial charge in [0.2, 0.25) is 0 Å². The number of carbonyl (C=O) groups is 1. The summed E-state index contributed by atoms with van der Waals surface area (Å²) in [4.78, 5) is 16.5. The molecule has 0 radical (unpaired) electrons. The van der Waals surface area contributed by atoms with Crippen LogP contribution in [0.25, 0.3) is 0 Å². The van der Waals surface area contributed by atoms with Crippen LogP contribution >= 0.6 is 0 Å². The van der Waals surface area contributed by atoms with Crippen molar-refractivity contribution in [2.75, 3.05) is 20.3 Å². The van der Waals surface area contributed by atoms with Crippen LogP contribution in [0, 0.1) is 11.3 Å². The number of nitrogens with zero attached hydrogens (tertiary/aromatic N) is 1. The summed E-state index contributed by atoms with van der Waals surface area (Å²) < 4.78 is 10.2. The molecule has 0 aliphatic rings. The number of hydroxylamine groups is 1. The average molecular weight is 264 g/mol. The van der Waals surface area contributed by atoms with Gasteiger partial charge in [-0.2, -0.15) is 5.26 Å². The monoisotopic (exact) mass is 264 g/mol. The Morgan fingerprint density at radius 1 is 1.37 bits per heavy atom. The molecule has 0 bridgehead atoms. The van der Waals surface area contributed by atoms with Gasteiger partial charge in [-0.15, -0.1) is 0 Å². The van der Waals surface area contributed by atoms with Crippen LogP contribution in [0.3, 0.4) is 0 Å². The summed E-state index contributed by atoms with van der Waals surface area (Å²) in [5.74, 6) is 0.124. The van der Waals surface area contributed by atoms with Gasteiger partial charge < -0.3 is 9.47 Å². The molecule has 1 N–H and O–H groups in total. The van der Waals surface area contributed by atoms with Gasteiger partial charge in [-0.05, 0) is 31.2 Å². The molecular formula is C13H16N2O4. The van der Waals surface area contributed by atoms with Crippen molar-refractivity contribution in [2.24, 2.45) is 0 Å². The van der Waals surface area contributed by atoms with Crippen molar-refractivity contribution in [3.8, 4) is 11.8 Å². The molecule has 6 nitrogen and oxygen atoms in total. The molecule has 0 heterocycles. The van der Waals surface area contributed by atoms with Crippen molar-refractivity contribution in [1.29, 1.82) is 5.26 Å². The molecule has 102 valence electrons. The topological polar surface area (TPSA) is 80.6 Å². The van der Waals surface area contributed by atoms with E-state index in [0.29, 0.717) is 17.9 Å². The molecule has 0 aliphatic carbocycles. The number of hydrogen-bond donors (Lipinski definition) is 1. The van der Waals surface area contributed by atoms with E-state index in [2.05, 4.69) is 5.48 Å². The van der Waals surface area contributed by atoms with Crippen molar-refractivity contribution < 1.29 is 19.1 Å². The summed E-state index contributed by atoms with van der Waals surface area (Å²) in [5, 5.41) is 8.66. The van der Waals surface area contributed by atoms with E-state index in [1.807, 2.05) is 6.07 Å². The number of benzene rings is 1. The smallest absolute Gasteiger partial charge is 0.284 e. The Morgan fingerprint density at radius 3 is 2.63 bits per heavy atom. The largest absolute Gasteiger partial charge is 0.481 e. The van der Waals surface area contributed by atoms with Gasteiger partial charge in [0.1, 0.15) is 5.75 Å². The first-order valence-electron chi connectivity index (χ1n) is 5.74. The number of carbonyl (C=O) groups excluding carboxylic acids is 1.